The number of nitro benzene ring substituents is 1. The fourth-order valence-corrected chi connectivity index (χ4v) is 3.47. The molecule has 0 aliphatic carbocycles. The molecule has 8 heteroatoms. The van der Waals surface area contributed by atoms with Crippen LogP contribution in [-0.4, -0.2) is 24.2 Å². The predicted octanol–water partition coefficient (Wildman–Crippen LogP) is 4.66. The van der Waals surface area contributed by atoms with E-state index in [2.05, 4.69) is 22.7 Å². The van der Waals surface area contributed by atoms with Crippen LogP contribution in [0.15, 0.2) is 82.8 Å². The van der Waals surface area contributed by atoms with E-state index in [0.717, 1.165) is 11.3 Å². The molecule has 0 unspecified atom stereocenters. The van der Waals surface area contributed by atoms with Crippen molar-refractivity contribution in [2.24, 2.45) is 5.10 Å². The largest absolute Gasteiger partial charge is 0.490 e. The topological polar surface area (TPSA) is 93.8 Å². The number of thioether (sulfide) groups is 1. The summed E-state index contributed by atoms with van der Waals surface area (Å²) < 4.78 is 4.96. The second kappa shape index (κ2) is 10.2. The molecule has 0 radical (unpaired) electrons. The Hall–Kier alpha value is -3.65. The summed E-state index contributed by atoms with van der Waals surface area (Å²) in [7, 11) is 1.36. The predicted molar refractivity (Wildman–Crippen MR) is 117 cm³/mol. The fourth-order valence-electron chi connectivity index (χ4n) is 2.60. The summed E-state index contributed by atoms with van der Waals surface area (Å²) in [4.78, 5) is 24.0. The first-order chi connectivity index (χ1) is 14.6. The number of nitro groups is 1. The van der Waals surface area contributed by atoms with Crippen molar-refractivity contribution in [2.45, 2.75) is 10.6 Å². The molecule has 0 heterocycles. The standard InChI is InChI=1S/C22H19N3O4S/c1-29-21-12-9-17(13-20(21)25(27)28)14-23-24-22(26)18-10-7-16(8-11-18)15-30-19-5-3-2-4-6-19/h2-14H,15H2,1H3,(H,24,26)/b23-14-. The van der Waals surface area contributed by atoms with Gasteiger partial charge in [0, 0.05) is 27.8 Å². The third kappa shape index (κ3) is 5.68. The highest BCUT2D eigenvalue weighted by molar-refractivity contribution is 7.98. The lowest BCUT2D eigenvalue weighted by Gasteiger charge is -2.04. The number of carbonyl (C=O) groups excluding carboxylic acids is 1. The van der Waals surface area contributed by atoms with Crippen molar-refractivity contribution in [3.63, 3.8) is 0 Å². The van der Waals surface area contributed by atoms with Gasteiger partial charge in [-0.25, -0.2) is 5.43 Å². The van der Waals surface area contributed by atoms with Crippen molar-refractivity contribution < 1.29 is 14.5 Å². The van der Waals surface area contributed by atoms with Crippen LogP contribution in [-0.2, 0) is 5.75 Å². The minimum absolute atomic E-state index is 0.159. The van der Waals surface area contributed by atoms with Gasteiger partial charge in [0.2, 0.25) is 0 Å². The van der Waals surface area contributed by atoms with E-state index < -0.39 is 4.92 Å². The molecular formula is C22H19N3O4S. The van der Waals surface area contributed by atoms with Crippen molar-refractivity contribution in [1.82, 2.24) is 5.43 Å². The minimum atomic E-state index is -0.535. The minimum Gasteiger partial charge on any atom is -0.490 e. The van der Waals surface area contributed by atoms with Crippen molar-refractivity contribution in [3.05, 3.63) is 99.6 Å². The first kappa shape index (κ1) is 21.1. The maximum Gasteiger partial charge on any atom is 0.311 e. The van der Waals surface area contributed by atoms with Gasteiger partial charge < -0.3 is 4.74 Å². The lowest BCUT2D eigenvalue weighted by atomic mass is 10.1. The number of ether oxygens (including phenoxy) is 1. The molecule has 0 spiro atoms. The van der Waals surface area contributed by atoms with E-state index in [4.69, 9.17) is 4.74 Å². The lowest BCUT2D eigenvalue weighted by molar-refractivity contribution is -0.385. The Labute approximate surface area is 177 Å². The van der Waals surface area contributed by atoms with Gasteiger partial charge >= 0.3 is 5.69 Å². The van der Waals surface area contributed by atoms with E-state index in [1.54, 1.807) is 30.0 Å². The number of hydrogen-bond donors (Lipinski definition) is 1. The van der Waals surface area contributed by atoms with Crippen molar-refractivity contribution in [3.8, 4) is 5.75 Å². The molecule has 0 saturated heterocycles. The summed E-state index contributed by atoms with van der Waals surface area (Å²) >= 11 is 1.72. The van der Waals surface area contributed by atoms with Gasteiger partial charge in [-0.05, 0) is 42.0 Å². The third-order valence-corrected chi connectivity index (χ3v) is 5.23. The van der Waals surface area contributed by atoms with Crippen LogP contribution < -0.4 is 10.2 Å². The zero-order valence-corrected chi connectivity index (χ0v) is 17.0. The molecule has 30 heavy (non-hydrogen) atoms. The zero-order valence-electron chi connectivity index (χ0n) is 16.1. The number of hydrazone groups is 1. The summed E-state index contributed by atoms with van der Waals surface area (Å²) in [6, 6.07) is 21.8. The van der Waals surface area contributed by atoms with Crippen molar-refractivity contribution >= 4 is 29.6 Å². The molecule has 1 N–H and O–H groups in total. The Morgan fingerprint density at radius 1 is 1.13 bits per heavy atom. The van der Waals surface area contributed by atoms with E-state index in [0.29, 0.717) is 11.1 Å². The Kier molecular flexibility index (Phi) is 7.18. The number of methoxy groups -OCH3 is 1. The smallest absolute Gasteiger partial charge is 0.311 e. The van der Waals surface area contributed by atoms with E-state index in [-0.39, 0.29) is 17.3 Å². The molecule has 3 aromatic rings. The number of carbonyl (C=O) groups is 1. The van der Waals surface area contributed by atoms with Gasteiger partial charge in [0.15, 0.2) is 5.75 Å². The molecule has 1 amide bonds. The second-order valence-corrected chi connectivity index (χ2v) is 7.23. The summed E-state index contributed by atoms with van der Waals surface area (Å²) in [5, 5.41) is 14.9. The molecule has 0 saturated carbocycles. The molecule has 7 nitrogen and oxygen atoms in total. The second-order valence-electron chi connectivity index (χ2n) is 6.19. The van der Waals surface area contributed by atoms with Gasteiger partial charge in [0.25, 0.3) is 5.91 Å². The highest BCUT2D eigenvalue weighted by Gasteiger charge is 2.14. The number of nitrogens with one attached hydrogen (secondary N) is 1. The number of benzene rings is 3. The summed E-state index contributed by atoms with van der Waals surface area (Å²) in [5.41, 5.74) is 4.30. The first-order valence-electron chi connectivity index (χ1n) is 8.99. The van der Waals surface area contributed by atoms with Crippen molar-refractivity contribution in [2.75, 3.05) is 7.11 Å². The van der Waals surface area contributed by atoms with Gasteiger partial charge in [-0.3, -0.25) is 14.9 Å². The molecule has 0 bridgehead atoms. The lowest BCUT2D eigenvalue weighted by Crippen LogP contribution is -2.17. The zero-order chi connectivity index (χ0) is 21.3. The van der Waals surface area contributed by atoms with Crippen LogP contribution in [0.4, 0.5) is 5.69 Å². The average Bonchev–Trinajstić information content (AvgIpc) is 2.78. The van der Waals surface area contributed by atoms with Crippen LogP contribution in [0, 0.1) is 10.1 Å². The third-order valence-electron chi connectivity index (χ3n) is 4.14. The molecule has 0 fully saturated rings. The quantitative estimate of drug-likeness (QED) is 0.247. The van der Waals surface area contributed by atoms with Crippen LogP contribution in [0.5, 0.6) is 5.75 Å². The summed E-state index contributed by atoms with van der Waals surface area (Å²) in [6.45, 7) is 0. The van der Waals surface area contributed by atoms with E-state index in [1.807, 2.05) is 30.3 Å². The number of rotatable bonds is 8. The molecule has 3 aromatic carbocycles. The van der Waals surface area contributed by atoms with Gasteiger partial charge in [0.1, 0.15) is 0 Å². The highest BCUT2D eigenvalue weighted by Crippen LogP contribution is 2.27. The molecular weight excluding hydrogens is 402 g/mol. The normalized spacial score (nSPS) is 10.7. The Morgan fingerprint density at radius 2 is 1.87 bits per heavy atom. The van der Waals surface area contributed by atoms with E-state index in [9.17, 15) is 14.9 Å². The first-order valence-corrected chi connectivity index (χ1v) is 9.98. The molecule has 3 rings (SSSR count). The fraction of sp³-hybridized carbons (Fsp3) is 0.0909. The molecule has 152 valence electrons. The maximum atomic E-state index is 12.2. The Morgan fingerprint density at radius 3 is 2.53 bits per heavy atom. The monoisotopic (exact) mass is 421 g/mol. The number of nitrogens with zero attached hydrogens (tertiary/aromatic N) is 2. The number of amides is 1. The van der Waals surface area contributed by atoms with Gasteiger partial charge in [-0.1, -0.05) is 30.3 Å². The van der Waals surface area contributed by atoms with Gasteiger partial charge in [0.05, 0.1) is 18.2 Å². The van der Waals surface area contributed by atoms with Crippen LogP contribution in [0.2, 0.25) is 0 Å². The van der Waals surface area contributed by atoms with Crippen molar-refractivity contribution in [1.29, 1.82) is 0 Å². The summed E-state index contributed by atoms with van der Waals surface area (Å²) in [6.07, 6.45) is 1.34. The Balaban J connectivity index is 1.57. The van der Waals surface area contributed by atoms with Crippen LogP contribution in [0.25, 0.3) is 0 Å². The molecule has 0 aromatic heterocycles. The highest BCUT2D eigenvalue weighted by atomic mass is 32.2. The molecule has 0 atom stereocenters. The molecule has 0 aliphatic rings. The van der Waals surface area contributed by atoms with Crippen LogP contribution in [0.1, 0.15) is 21.5 Å². The summed E-state index contributed by atoms with van der Waals surface area (Å²) in [5.74, 6) is 0.601. The maximum absolute atomic E-state index is 12.2. The number of hydrogen-bond acceptors (Lipinski definition) is 6. The van der Waals surface area contributed by atoms with E-state index in [1.165, 1.54) is 30.4 Å². The van der Waals surface area contributed by atoms with Gasteiger partial charge in [-0.2, -0.15) is 5.10 Å². The Bertz CT molecular complexity index is 1050. The molecule has 0 aliphatic heterocycles. The van der Waals surface area contributed by atoms with Crippen LogP contribution >= 0.6 is 11.8 Å². The SMILES string of the molecule is COc1ccc(/C=N\NC(=O)c2ccc(CSc3ccccc3)cc2)cc1[N+](=O)[O-]. The van der Waals surface area contributed by atoms with Crippen LogP contribution in [0.3, 0.4) is 0 Å². The van der Waals surface area contributed by atoms with E-state index >= 15 is 0 Å². The average molecular weight is 421 g/mol. The van der Waals surface area contributed by atoms with Gasteiger partial charge in [-0.15, -0.1) is 11.8 Å².